The summed E-state index contributed by atoms with van der Waals surface area (Å²) in [5, 5.41) is 11.5. The molecule has 0 radical (unpaired) electrons. The Morgan fingerprint density at radius 1 is 1.23 bits per heavy atom. The van der Waals surface area contributed by atoms with Crippen LogP contribution < -0.4 is 10.1 Å². The summed E-state index contributed by atoms with van der Waals surface area (Å²) >= 11 is 0. The third-order valence-electron chi connectivity index (χ3n) is 3.19. The zero-order valence-electron chi connectivity index (χ0n) is 13.9. The topological polar surface area (TPSA) is 88.4 Å². The van der Waals surface area contributed by atoms with Gasteiger partial charge in [0.1, 0.15) is 23.2 Å². The molecule has 0 heterocycles. The van der Waals surface area contributed by atoms with Crippen molar-refractivity contribution < 1.29 is 23.5 Å². The second-order valence-corrected chi connectivity index (χ2v) is 5.08. The number of benzene rings is 2. The highest BCUT2D eigenvalue weighted by molar-refractivity contribution is 6.00. The number of carbonyl (C=O) groups excluding carboxylic acids is 2. The van der Waals surface area contributed by atoms with Crippen LogP contribution in [-0.4, -0.2) is 25.6 Å². The number of hydrogen-bond acceptors (Lipinski definition) is 5. The predicted octanol–water partition coefficient (Wildman–Crippen LogP) is 2.92. The first-order valence-corrected chi connectivity index (χ1v) is 7.50. The Kier molecular flexibility index (Phi) is 6.46. The van der Waals surface area contributed by atoms with Crippen molar-refractivity contribution in [2.24, 2.45) is 0 Å². The van der Waals surface area contributed by atoms with Crippen LogP contribution >= 0.6 is 0 Å². The van der Waals surface area contributed by atoms with Crippen molar-refractivity contribution in [3.05, 3.63) is 65.5 Å². The number of hydrogen-bond donors (Lipinski definition) is 1. The van der Waals surface area contributed by atoms with Crippen molar-refractivity contribution in [1.82, 2.24) is 0 Å². The van der Waals surface area contributed by atoms with Crippen molar-refractivity contribution in [2.75, 3.05) is 19.0 Å². The number of nitrogens with zero attached hydrogens (tertiary/aromatic N) is 1. The number of carbonyl (C=O) groups is 2. The molecule has 0 saturated carbocycles. The maximum Gasteiger partial charge on any atom is 0.349 e. The maximum absolute atomic E-state index is 13.1. The second-order valence-electron chi connectivity index (χ2n) is 5.08. The minimum atomic E-state index is -0.940. The lowest BCUT2D eigenvalue weighted by Crippen LogP contribution is -2.21. The molecule has 0 aliphatic carbocycles. The van der Waals surface area contributed by atoms with Gasteiger partial charge in [-0.05, 0) is 42.0 Å². The van der Waals surface area contributed by atoms with E-state index in [4.69, 9.17) is 14.7 Å². The average molecular weight is 354 g/mol. The molecule has 6 nitrogen and oxygen atoms in total. The lowest BCUT2D eigenvalue weighted by molar-refractivity contribution is -0.142. The molecular weight excluding hydrogens is 339 g/mol. The summed E-state index contributed by atoms with van der Waals surface area (Å²) in [4.78, 5) is 23.7. The van der Waals surface area contributed by atoms with E-state index in [-0.39, 0.29) is 11.3 Å². The molecule has 2 rings (SSSR count). The third-order valence-corrected chi connectivity index (χ3v) is 3.19. The first-order valence-electron chi connectivity index (χ1n) is 7.50. The minimum absolute atomic E-state index is 0.235. The normalized spacial score (nSPS) is 10.6. The Labute approximate surface area is 149 Å². The molecule has 0 aliphatic heterocycles. The van der Waals surface area contributed by atoms with E-state index in [0.29, 0.717) is 11.3 Å². The standard InChI is InChI=1S/C19H15FN2O4/c1-25-17-7-2-4-13(9-17)8-14(11-21)19(24)26-12-18(23)22-16-6-3-5-15(20)10-16/h2-10H,12H2,1H3,(H,22,23)/b14-8+. The van der Waals surface area contributed by atoms with E-state index in [1.54, 1.807) is 30.3 Å². The van der Waals surface area contributed by atoms with E-state index in [1.165, 1.54) is 31.4 Å². The van der Waals surface area contributed by atoms with Crippen LogP contribution in [0.4, 0.5) is 10.1 Å². The van der Waals surface area contributed by atoms with Gasteiger partial charge in [-0.1, -0.05) is 18.2 Å². The summed E-state index contributed by atoms with van der Waals surface area (Å²) in [7, 11) is 1.50. The number of nitriles is 1. The highest BCUT2D eigenvalue weighted by Gasteiger charge is 2.13. The summed E-state index contributed by atoms with van der Waals surface area (Å²) in [6.45, 7) is -0.605. The number of nitrogens with one attached hydrogen (secondary N) is 1. The van der Waals surface area contributed by atoms with Crippen LogP contribution in [0.2, 0.25) is 0 Å². The Bertz CT molecular complexity index is 887. The van der Waals surface area contributed by atoms with E-state index in [9.17, 15) is 14.0 Å². The van der Waals surface area contributed by atoms with Crippen molar-refractivity contribution in [2.45, 2.75) is 0 Å². The zero-order valence-corrected chi connectivity index (χ0v) is 13.9. The van der Waals surface area contributed by atoms with Crippen LogP contribution in [-0.2, 0) is 14.3 Å². The lowest BCUT2D eigenvalue weighted by Gasteiger charge is -2.06. The number of ether oxygens (including phenoxy) is 2. The van der Waals surface area contributed by atoms with Gasteiger partial charge in [-0.3, -0.25) is 4.79 Å². The fourth-order valence-electron chi connectivity index (χ4n) is 2.01. The third kappa shape index (κ3) is 5.46. The number of esters is 1. The number of rotatable bonds is 6. The molecule has 0 aromatic heterocycles. The first kappa shape index (κ1) is 18.7. The van der Waals surface area contributed by atoms with Gasteiger partial charge in [-0.25, -0.2) is 9.18 Å². The van der Waals surface area contributed by atoms with Crippen LogP contribution in [0.15, 0.2) is 54.1 Å². The highest BCUT2D eigenvalue weighted by atomic mass is 19.1. The van der Waals surface area contributed by atoms with Gasteiger partial charge in [-0.15, -0.1) is 0 Å². The molecule has 26 heavy (non-hydrogen) atoms. The fraction of sp³-hybridized carbons (Fsp3) is 0.105. The van der Waals surface area contributed by atoms with Crippen molar-refractivity contribution >= 4 is 23.6 Å². The molecule has 0 bridgehead atoms. The Morgan fingerprint density at radius 3 is 2.69 bits per heavy atom. The first-order chi connectivity index (χ1) is 12.5. The van der Waals surface area contributed by atoms with Crippen LogP contribution in [0.1, 0.15) is 5.56 Å². The van der Waals surface area contributed by atoms with E-state index in [0.717, 1.165) is 6.07 Å². The monoisotopic (exact) mass is 354 g/mol. The van der Waals surface area contributed by atoms with Gasteiger partial charge < -0.3 is 14.8 Å². The van der Waals surface area contributed by atoms with Gasteiger partial charge in [0.15, 0.2) is 6.61 Å². The second kappa shape index (κ2) is 8.99. The number of methoxy groups -OCH3 is 1. The number of amides is 1. The Morgan fingerprint density at radius 2 is 2.00 bits per heavy atom. The average Bonchev–Trinajstić information content (AvgIpc) is 2.64. The zero-order chi connectivity index (χ0) is 18.9. The SMILES string of the molecule is COc1cccc(/C=C(\C#N)C(=O)OCC(=O)Nc2cccc(F)c2)c1. The number of anilines is 1. The summed E-state index contributed by atoms with van der Waals surface area (Å²) in [5.41, 5.74) is 0.539. The van der Waals surface area contributed by atoms with Gasteiger partial charge in [0.25, 0.3) is 5.91 Å². The van der Waals surface area contributed by atoms with Gasteiger partial charge in [0, 0.05) is 5.69 Å². The van der Waals surface area contributed by atoms with Gasteiger partial charge in [-0.2, -0.15) is 5.26 Å². The van der Waals surface area contributed by atoms with Crippen molar-refractivity contribution in [3.63, 3.8) is 0 Å². The van der Waals surface area contributed by atoms with E-state index in [1.807, 2.05) is 0 Å². The summed E-state index contributed by atoms with van der Waals surface area (Å²) < 4.78 is 22.9. The molecule has 0 atom stereocenters. The van der Waals surface area contributed by atoms with Crippen molar-refractivity contribution in [1.29, 1.82) is 5.26 Å². The summed E-state index contributed by atoms with van der Waals surface area (Å²) in [5.74, 6) is -1.53. The van der Waals surface area contributed by atoms with Gasteiger partial charge >= 0.3 is 5.97 Å². The van der Waals surface area contributed by atoms with Crippen LogP contribution in [0, 0.1) is 17.1 Å². The summed E-state index contributed by atoms with van der Waals surface area (Å²) in [6, 6.07) is 13.8. The van der Waals surface area contributed by atoms with E-state index < -0.39 is 24.3 Å². The van der Waals surface area contributed by atoms with E-state index >= 15 is 0 Å². The molecule has 0 spiro atoms. The summed E-state index contributed by atoms with van der Waals surface area (Å²) in [6.07, 6.45) is 1.33. The van der Waals surface area contributed by atoms with Crippen LogP contribution in [0.5, 0.6) is 5.75 Å². The predicted molar refractivity (Wildman–Crippen MR) is 92.6 cm³/mol. The molecule has 7 heteroatoms. The molecule has 0 fully saturated rings. The molecule has 0 aliphatic rings. The van der Waals surface area contributed by atoms with Crippen molar-refractivity contribution in [3.8, 4) is 11.8 Å². The minimum Gasteiger partial charge on any atom is -0.497 e. The van der Waals surface area contributed by atoms with Crippen LogP contribution in [0.3, 0.4) is 0 Å². The largest absolute Gasteiger partial charge is 0.497 e. The molecular formula is C19H15FN2O4. The molecule has 2 aromatic carbocycles. The molecule has 132 valence electrons. The Balaban J connectivity index is 1.97. The Hall–Kier alpha value is -3.66. The highest BCUT2D eigenvalue weighted by Crippen LogP contribution is 2.16. The van der Waals surface area contributed by atoms with Gasteiger partial charge in [0.05, 0.1) is 7.11 Å². The maximum atomic E-state index is 13.1. The van der Waals surface area contributed by atoms with Gasteiger partial charge in [0.2, 0.25) is 0 Å². The molecule has 2 aromatic rings. The molecule has 0 unspecified atom stereocenters. The fourth-order valence-corrected chi connectivity index (χ4v) is 2.01. The lowest BCUT2D eigenvalue weighted by atomic mass is 10.1. The smallest absolute Gasteiger partial charge is 0.349 e. The quantitative estimate of drug-likeness (QED) is 0.489. The molecule has 0 saturated heterocycles. The number of halogens is 1. The molecule has 1 amide bonds. The molecule has 1 N–H and O–H groups in total. The van der Waals surface area contributed by atoms with Crippen LogP contribution in [0.25, 0.3) is 6.08 Å². The van der Waals surface area contributed by atoms with E-state index in [2.05, 4.69) is 5.32 Å².